The Bertz CT molecular complexity index is 2700. The Labute approximate surface area is 306 Å². The molecule has 250 valence electrons. The van der Waals surface area contributed by atoms with Gasteiger partial charge < -0.3 is 10.1 Å². The summed E-state index contributed by atoms with van der Waals surface area (Å²) < 4.78 is 6.41. The number of hydrogen-bond acceptors (Lipinski definition) is 6. The maximum Gasteiger partial charge on any atom is 0.196 e. The Hall–Kier alpha value is -7.18. The Kier molecular flexibility index (Phi) is 7.43. The summed E-state index contributed by atoms with van der Waals surface area (Å²) in [5.74, 6) is 2.77. The minimum absolute atomic E-state index is 0.250. The smallest absolute Gasteiger partial charge is 0.196 e. The summed E-state index contributed by atoms with van der Waals surface area (Å²) in [5, 5.41) is 6.96. The van der Waals surface area contributed by atoms with E-state index in [2.05, 4.69) is 96.3 Å². The molecule has 0 fully saturated rings. The highest BCUT2D eigenvalue weighted by Gasteiger charge is 2.27. The minimum atomic E-state index is -0.250. The summed E-state index contributed by atoms with van der Waals surface area (Å²) in [6.45, 7) is 0. The van der Waals surface area contributed by atoms with Crippen molar-refractivity contribution in [2.75, 3.05) is 5.32 Å². The molecule has 6 nitrogen and oxygen atoms in total. The largest absolute Gasteiger partial charge is 0.464 e. The van der Waals surface area contributed by atoms with E-state index in [9.17, 15) is 0 Å². The van der Waals surface area contributed by atoms with E-state index in [1.807, 2.05) is 84.9 Å². The molecule has 2 aromatic heterocycles. The highest BCUT2D eigenvalue weighted by atomic mass is 16.5. The molecule has 1 aliphatic heterocycles. The fourth-order valence-corrected chi connectivity index (χ4v) is 7.12. The number of rotatable bonds is 6. The van der Waals surface area contributed by atoms with Crippen LogP contribution in [0.2, 0.25) is 0 Å². The van der Waals surface area contributed by atoms with Gasteiger partial charge in [-0.05, 0) is 29.3 Å². The van der Waals surface area contributed by atoms with Crippen LogP contribution in [0.1, 0.15) is 11.8 Å². The Morgan fingerprint density at radius 2 is 0.887 bits per heavy atom. The second-order valence-electron chi connectivity index (χ2n) is 13.1. The number of nitrogens with one attached hydrogen (secondary N) is 1. The van der Waals surface area contributed by atoms with E-state index in [0.29, 0.717) is 17.5 Å². The number of aromatic nitrogens is 4. The number of ether oxygens (including phenoxy) is 1. The molecule has 1 aliphatic rings. The van der Waals surface area contributed by atoms with Gasteiger partial charge in [-0.1, -0.05) is 158 Å². The van der Waals surface area contributed by atoms with Gasteiger partial charge in [-0.3, -0.25) is 0 Å². The second kappa shape index (κ2) is 12.9. The summed E-state index contributed by atoms with van der Waals surface area (Å²) in [7, 11) is 0. The van der Waals surface area contributed by atoms with E-state index >= 15 is 0 Å². The molecule has 53 heavy (non-hydrogen) atoms. The number of para-hydroxylation sites is 1. The summed E-state index contributed by atoms with van der Waals surface area (Å²) in [6.07, 6.45) is -0.250. The molecule has 10 rings (SSSR count). The van der Waals surface area contributed by atoms with Crippen molar-refractivity contribution in [3.63, 3.8) is 0 Å². The lowest BCUT2D eigenvalue weighted by molar-refractivity contribution is 0.260. The van der Waals surface area contributed by atoms with E-state index < -0.39 is 0 Å². The third-order valence-electron chi connectivity index (χ3n) is 9.78. The Morgan fingerprint density at radius 1 is 0.396 bits per heavy atom. The summed E-state index contributed by atoms with van der Waals surface area (Å²) >= 11 is 0. The standard InChI is InChI=1S/C47H31N5O/c1-4-12-33(13-5-1)44-50-45(34-14-6-2-7-15-34)52-46(51-44)35-26-22-31(23-27-35)30-20-24-32(25-21-30)42-38-28-29-40-43(41(38)37-18-10-11-19-39(37)48-42)49-47(53-40)36-16-8-3-9-17-36/h1-29,47,49H. The van der Waals surface area contributed by atoms with Gasteiger partial charge in [-0.2, -0.15) is 0 Å². The normalized spacial score (nSPS) is 13.4. The number of benzene rings is 7. The lowest BCUT2D eigenvalue weighted by Gasteiger charge is -2.13. The molecule has 9 aromatic rings. The van der Waals surface area contributed by atoms with E-state index in [-0.39, 0.29) is 6.23 Å². The third-order valence-corrected chi connectivity index (χ3v) is 9.78. The third kappa shape index (κ3) is 5.63. The SMILES string of the molecule is c1ccc(-c2nc(-c3ccccc3)nc(-c3ccc(-c4ccc(-c5nc6ccccc6c6c7c(ccc56)OC(c5ccccc5)N7)cc4)cc3)n2)cc1. The number of anilines is 1. The first-order valence-electron chi connectivity index (χ1n) is 17.7. The quantitative estimate of drug-likeness (QED) is 0.176. The molecule has 0 saturated carbocycles. The summed E-state index contributed by atoms with van der Waals surface area (Å²) in [4.78, 5) is 19.8. The van der Waals surface area contributed by atoms with Gasteiger partial charge in [0.05, 0.1) is 16.9 Å². The van der Waals surface area contributed by atoms with Gasteiger partial charge in [-0.15, -0.1) is 0 Å². The lowest BCUT2D eigenvalue weighted by Crippen LogP contribution is -2.09. The first kappa shape index (κ1) is 30.6. The Morgan fingerprint density at radius 3 is 1.49 bits per heavy atom. The fourth-order valence-electron chi connectivity index (χ4n) is 7.12. The number of pyridine rings is 1. The maximum absolute atomic E-state index is 6.41. The van der Waals surface area contributed by atoms with Crippen molar-refractivity contribution in [1.29, 1.82) is 0 Å². The molecule has 0 bridgehead atoms. The average Bonchev–Trinajstić information content (AvgIpc) is 3.69. The van der Waals surface area contributed by atoms with Gasteiger partial charge in [0.15, 0.2) is 23.7 Å². The van der Waals surface area contributed by atoms with Crippen LogP contribution >= 0.6 is 0 Å². The van der Waals surface area contributed by atoms with Crippen LogP contribution in [0.3, 0.4) is 0 Å². The zero-order valence-corrected chi connectivity index (χ0v) is 28.5. The van der Waals surface area contributed by atoms with Gasteiger partial charge >= 0.3 is 0 Å². The van der Waals surface area contributed by atoms with Gasteiger partial charge in [0, 0.05) is 44.0 Å². The molecule has 1 unspecified atom stereocenters. The van der Waals surface area contributed by atoms with Gasteiger partial charge in [-0.25, -0.2) is 19.9 Å². The summed E-state index contributed by atoms with van der Waals surface area (Å²) in [5.41, 5.74) is 10.0. The first-order valence-corrected chi connectivity index (χ1v) is 17.7. The van der Waals surface area contributed by atoms with Crippen LogP contribution in [0, 0.1) is 0 Å². The van der Waals surface area contributed by atoms with Crippen molar-refractivity contribution in [2.24, 2.45) is 0 Å². The highest BCUT2D eigenvalue weighted by molar-refractivity contribution is 6.17. The average molecular weight is 682 g/mol. The molecule has 1 N–H and O–H groups in total. The Balaban J connectivity index is 0.991. The molecular weight excluding hydrogens is 651 g/mol. The minimum Gasteiger partial charge on any atom is -0.464 e. The van der Waals surface area contributed by atoms with E-state index in [1.165, 1.54) is 0 Å². The zero-order valence-electron chi connectivity index (χ0n) is 28.5. The predicted octanol–water partition coefficient (Wildman–Crippen LogP) is 11.4. The van der Waals surface area contributed by atoms with Crippen molar-refractivity contribution >= 4 is 27.4 Å². The number of hydrogen-bond donors (Lipinski definition) is 1. The molecule has 0 radical (unpaired) electrons. The fraction of sp³-hybridized carbons (Fsp3) is 0.0213. The van der Waals surface area contributed by atoms with Gasteiger partial charge in [0.25, 0.3) is 0 Å². The molecule has 6 heteroatoms. The van der Waals surface area contributed by atoms with Crippen molar-refractivity contribution in [3.8, 4) is 62.3 Å². The number of nitrogens with zero attached hydrogens (tertiary/aromatic N) is 4. The molecule has 7 aromatic carbocycles. The van der Waals surface area contributed by atoms with Crippen molar-refractivity contribution < 1.29 is 4.74 Å². The van der Waals surface area contributed by atoms with Crippen LogP contribution in [0.4, 0.5) is 5.69 Å². The highest BCUT2D eigenvalue weighted by Crippen LogP contribution is 2.47. The van der Waals surface area contributed by atoms with Crippen LogP contribution in [0.5, 0.6) is 5.75 Å². The molecule has 1 atom stereocenters. The molecule has 0 aliphatic carbocycles. The first-order chi connectivity index (χ1) is 26.2. The topological polar surface area (TPSA) is 72.8 Å². The second-order valence-corrected chi connectivity index (χ2v) is 13.1. The van der Waals surface area contributed by atoms with E-state index in [1.54, 1.807) is 0 Å². The molecular formula is C47H31N5O. The van der Waals surface area contributed by atoms with Crippen molar-refractivity contribution in [2.45, 2.75) is 6.23 Å². The van der Waals surface area contributed by atoms with E-state index in [4.69, 9.17) is 24.7 Å². The van der Waals surface area contributed by atoms with Crippen LogP contribution in [0.25, 0.3) is 78.2 Å². The maximum atomic E-state index is 6.41. The van der Waals surface area contributed by atoms with E-state index in [0.717, 1.165) is 77.8 Å². The number of fused-ring (bicyclic) bond motifs is 5. The van der Waals surface area contributed by atoms with Crippen molar-refractivity contribution in [1.82, 2.24) is 19.9 Å². The van der Waals surface area contributed by atoms with Gasteiger partial charge in [0.2, 0.25) is 0 Å². The zero-order chi connectivity index (χ0) is 35.1. The van der Waals surface area contributed by atoms with Crippen LogP contribution < -0.4 is 10.1 Å². The van der Waals surface area contributed by atoms with Crippen molar-refractivity contribution in [3.05, 3.63) is 181 Å². The van der Waals surface area contributed by atoms with Gasteiger partial charge in [0.1, 0.15) is 5.75 Å². The van der Waals surface area contributed by atoms with Crippen LogP contribution in [-0.4, -0.2) is 19.9 Å². The molecule has 0 amide bonds. The summed E-state index contributed by atoms with van der Waals surface area (Å²) in [6, 6.07) is 59.9. The molecule has 0 spiro atoms. The lowest BCUT2D eigenvalue weighted by atomic mass is 9.96. The van der Waals surface area contributed by atoms with Crippen LogP contribution in [-0.2, 0) is 0 Å². The monoisotopic (exact) mass is 681 g/mol. The molecule has 3 heterocycles. The predicted molar refractivity (Wildman–Crippen MR) is 213 cm³/mol. The van der Waals surface area contributed by atoms with Crippen LogP contribution in [0.15, 0.2) is 176 Å². The molecule has 0 saturated heterocycles.